The Morgan fingerprint density at radius 1 is 1.26 bits per heavy atom. The predicted molar refractivity (Wildman–Crippen MR) is 88.5 cm³/mol. The van der Waals surface area contributed by atoms with Gasteiger partial charge in [-0.25, -0.2) is 0 Å². The van der Waals surface area contributed by atoms with Gasteiger partial charge in [-0.15, -0.1) is 11.3 Å². The van der Waals surface area contributed by atoms with Crippen molar-refractivity contribution in [3.63, 3.8) is 0 Å². The summed E-state index contributed by atoms with van der Waals surface area (Å²) in [4.78, 5) is 2.70. The van der Waals surface area contributed by atoms with Crippen molar-refractivity contribution in [1.29, 1.82) is 0 Å². The fourth-order valence-corrected chi connectivity index (χ4v) is 4.14. The van der Waals surface area contributed by atoms with Crippen molar-refractivity contribution in [2.75, 3.05) is 6.54 Å². The Bertz CT molecular complexity index is 559. The van der Waals surface area contributed by atoms with Gasteiger partial charge in [0.25, 0.3) is 0 Å². The summed E-state index contributed by atoms with van der Waals surface area (Å²) in [5.41, 5.74) is 2.54. The first-order valence-corrected chi connectivity index (χ1v) is 8.26. The number of benzene rings is 1. The van der Waals surface area contributed by atoms with E-state index in [9.17, 15) is 0 Å². The van der Waals surface area contributed by atoms with Gasteiger partial charge in [-0.3, -0.25) is 0 Å². The van der Waals surface area contributed by atoms with Gasteiger partial charge in [0.15, 0.2) is 0 Å². The lowest BCUT2D eigenvalue weighted by Gasteiger charge is -2.19. The lowest BCUT2D eigenvalue weighted by atomic mass is 9.99. The Morgan fingerprint density at radius 3 is 2.53 bits per heavy atom. The summed E-state index contributed by atoms with van der Waals surface area (Å²) in [5.74, 6) is 0. The minimum Gasteiger partial charge on any atom is -0.306 e. The molecular weight excluding hydrogens is 342 g/mol. The molecule has 0 amide bonds. The number of hydrogen-bond acceptors (Lipinski definition) is 2. The first kappa shape index (κ1) is 15.0. The number of aryl methyl sites for hydroxylation is 2. The van der Waals surface area contributed by atoms with E-state index in [0.29, 0.717) is 0 Å². The van der Waals surface area contributed by atoms with Crippen LogP contribution in [0.25, 0.3) is 0 Å². The van der Waals surface area contributed by atoms with Gasteiger partial charge >= 0.3 is 0 Å². The van der Waals surface area contributed by atoms with Gasteiger partial charge in [0.2, 0.25) is 0 Å². The van der Waals surface area contributed by atoms with Crippen LogP contribution in [0.2, 0.25) is 5.02 Å². The van der Waals surface area contributed by atoms with Gasteiger partial charge in [-0.1, -0.05) is 34.5 Å². The van der Waals surface area contributed by atoms with Gasteiger partial charge in [0, 0.05) is 19.2 Å². The van der Waals surface area contributed by atoms with Gasteiger partial charge in [0.1, 0.15) is 0 Å². The van der Waals surface area contributed by atoms with E-state index in [1.54, 1.807) is 0 Å². The second-order valence-corrected chi connectivity index (χ2v) is 7.37. The van der Waals surface area contributed by atoms with E-state index >= 15 is 0 Å². The highest BCUT2D eigenvalue weighted by atomic mass is 79.9. The molecule has 2 rings (SSSR count). The summed E-state index contributed by atoms with van der Waals surface area (Å²) >= 11 is 11.5. The maximum Gasteiger partial charge on any atom is 0.0588 e. The molecule has 0 saturated carbocycles. The fraction of sp³-hybridized carbons (Fsp3) is 0.333. The highest BCUT2D eigenvalue weighted by molar-refractivity contribution is 9.10. The van der Waals surface area contributed by atoms with Crippen LogP contribution < -0.4 is 5.32 Å². The molecule has 4 heteroatoms. The molecule has 2 aromatic rings. The molecule has 0 radical (unpaired) electrons. The maximum atomic E-state index is 6.17. The number of halogens is 2. The van der Waals surface area contributed by atoms with Crippen LogP contribution in [0.15, 0.2) is 28.7 Å². The van der Waals surface area contributed by atoms with Crippen molar-refractivity contribution in [3.05, 3.63) is 54.6 Å². The second-order valence-electron chi connectivity index (χ2n) is 4.56. The van der Waals surface area contributed by atoms with Crippen molar-refractivity contribution in [2.45, 2.75) is 26.8 Å². The molecule has 0 bridgehead atoms. The number of thiophene rings is 1. The minimum absolute atomic E-state index is 0.199. The quantitative estimate of drug-likeness (QED) is 0.763. The van der Waals surface area contributed by atoms with Crippen LogP contribution in [0.5, 0.6) is 0 Å². The molecule has 1 aromatic heterocycles. The van der Waals surface area contributed by atoms with Crippen molar-refractivity contribution in [1.82, 2.24) is 5.32 Å². The van der Waals surface area contributed by atoms with Crippen LogP contribution in [0.4, 0.5) is 0 Å². The number of nitrogens with one attached hydrogen (secondary N) is 1. The van der Waals surface area contributed by atoms with E-state index in [-0.39, 0.29) is 6.04 Å². The highest BCUT2D eigenvalue weighted by Gasteiger charge is 2.18. The standard InChI is InChI=1S/C15H17BrClNS/c1-4-18-15(14-5-9(2)19-10(14)3)11-6-12(16)8-13(17)7-11/h5-8,15,18H,4H2,1-3H3. The molecular formula is C15H17BrClNS. The SMILES string of the molecule is CCNC(c1cc(Cl)cc(Br)c1)c1cc(C)sc1C. The lowest BCUT2D eigenvalue weighted by Crippen LogP contribution is -2.22. The first-order chi connectivity index (χ1) is 9.01. The zero-order valence-corrected chi connectivity index (χ0v) is 14.4. The average Bonchev–Trinajstić information content (AvgIpc) is 2.64. The molecule has 102 valence electrons. The zero-order valence-electron chi connectivity index (χ0n) is 11.3. The second kappa shape index (κ2) is 6.40. The molecule has 1 atom stereocenters. The van der Waals surface area contributed by atoms with Crippen LogP contribution in [-0.4, -0.2) is 6.54 Å². The predicted octanol–water partition coefficient (Wildman–Crippen LogP) is 5.48. The Kier molecular flexibility index (Phi) is 5.07. The molecule has 0 aliphatic carbocycles. The number of rotatable bonds is 4. The largest absolute Gasteiger partial charge is 0.306 e. The van der Waals surface area contributed by atoms with Crippen LogP contribution in [-0.2, 0) is 0 Å². The summed E-state index contributed by atoms with van der Waals surface area (Å²) in [7, 11) is 0. The molecule has 1 heterocycles. The Balaban J connectivity index is 2.47. The van der Waals surface area contributed by atoms with E-state index in [1.807, 2.05) is 23.5 Å². The van der Waals surface area contributed by atoms with Crippen LogP contribution >= 0.6 is 38.9 Å². The van der Waals surface area contributed by atoms with Crippen LogP contribution in [0, 0.1) is 13.8 Å². The fourth-order valence-electron chi connectivity index (χ4n) is 2.29. The summed E-state index contributed by atoms with van der Waals surface area (Å²) < 4.78 is 1.02. The average molecular weight is 359 g/mol. The molecule has 0 aliphatic heterocycles. The van der Waals surface area contributed by atoms with Gasteiger partial charge in [-0.05, 0) is 55.8 Å². The summed E-state index contributed by atoms with van der Waals surface area (Å²) in [5, 5.41) is 4.31. The van der Waals surface area contributed by atoms with Crippen molar-refractivity contribution in [2.24, 2.45) is 0 Å². The zero-order chi connectivity index (χ0) is 14.0. The molecule has 0 aliphatic rings. The van der Waals surface area contributed by atoms with Crippen molar-refractivity contribution >= 4 is 38.9 Å². The molecule has 1 N–H and O–H groups in total. The highest BCUT2D eigenvalue weighted by Crippen LogP contribution is 2.33. The molecule has 1 unspecified atom stereocenters. The number of hydrogen-bond donors (Lipinski definition) is 1. The monoisotopic (exact) mass is 357 g/mol. The van der Waals surface area contributed by atoms with E-state index in [1.165, 1.54) is 20.9 Å². The molecule has 0 saturated heterocycles. The van der Waals surface area contributed by atoms with E-state index in [4.69, 9.17) is 11.6 Å². The van der Waals surface area contributed by atoms with Crippen molar-refractivity contribution < 1.29 is 0 Å². The lowest BCUT2D eigenvalue weighted by molar-refractivity contribution is 0.629. The molecule has 1 nitrogen and oxygen atoms in total. The Labute approximate surface area is 132 Å². The molecule has 1 aromatic carbocycles. The Hall–Kier alpha value is -0.350. The third-order valence-electron chi connectivity index (χ3n) is 3.02. The summed E-state index contributed by atoms with van der Waals surface area (Å²) in [6.45, 7) is 7.37. The third-order valence-corrected chi connectivity index (χ3v) is 4.67. The van der Waals surface area contributed by atoms with Crippen LogP contribution in [0.1, 0.15) is 33.8 Å². The summed E-state index contributed by atoms with van der Waals surface area (Å²) in [6, 6.07) is 8.55. The molecule has 0 fully saturated rings. The molecule has 0 spiro atoms. The van der Waals surface area contributed by atoms with Gasteiger partial charge in [0.05, 0.1) is 6.04 Å². The van der Waals surface area contributed by atoms with Crippen molar-refractivity contribution in [3.8, 4) is 0 Å². The smallest absolute Gasteiger partial charge is 0.0588 e. The Morgan fingerprint density at radius 2 is 2.00 bits per heavy atom. The normalized spacial score (nSPS) is 12.7. The van der Waals surface area contributed by atoms with E-state index in [0.717, 1.165) is 16.0 Å². The third kappa shape index (κ3) is 3.60. The summed E-state index contributed by atoms with van der Waals surface area (Å²) in [6.07, 6.45) is 0. The van der Waals surface area contributed by atoms with Gasteiger partial charge < -0.3 is 5.32 Å². The van der Waals surface area contributed by atoms with E-state index in [2.05, 4.69) is 54.2 Å². The molecule has 19 heavy (non-hydrogen) atoms. The maximum absolute atomic E-state index is 6.17. The first-order valence-electron chi connectivity index (χ1n) is 6.27. The topological polar surface area (TPSA) is 12.0 Å². The van der Waals surface area contributed by atoms with E-state index < -0.39 is 0 Å². The van der Waals surface area contributed by atoms with Crippen LogP contribution in [0.3, 0.4) is 0 Å². The minimum atomic E-state index is 0.199. The van der Waals surface area contributed by atoms with Gasteiger partial charge in [-0.2, -0.15) is 0 Å².